The zero-order valence-electron chi connectivity index (χ0n) is 59.5. The van der Waals surface area contributed by atoms with E-state index in [0.29, 0.717) is 87.8 Å². The summed E-state index contributed by atoms with van der Waals surface area (Å²) >= 11 is 9.01. The highest BCUT2D eigenvalue weighted by atomic mass is 35.5. The van der Waals surface area contributed by atoms with Crippen LogP contribution in [0.4, 0.5) is 0 Å². The molecule has 0 radical (unpaired) electrons. The van der Waals surface area contributed by atoms with E-state index in [9.17, 15) is 44.1 Å². The van der Waals surface area contributed by atoms with Gasteiger partial charge in [-0.1, -0.05) is 125 Å². The van der Waals surface area contributed by atoms with Gasteiger partial charge < -0.3 is 75.4 Å². The Labute approximate surface area is 637 Å². The summed E-state index contributed by atoms with van der Waals surface area (Å²) < 4.78 is 59.4. The van der Waals surface area contributed by atoms with E-state index in [-0.39, 0.29) is 67.2 Å². The van der Waals surface area contributed by atoms with Crippen molar-refractivity contribution in [1.82, 2.24) is 13.7 Å². The van der Waals surface area contributed by atoms with E-state index < -0.39 is 50.8 Å². The molecule has 0 amide bonds. The first kappa shape index (κ1) is 74.8. The number of fused-ring (bicyclic) bond motifs is 9. The van der Waals surface area contributed by atoms with Gasteiger partial charge in [-0.05, 0) is 116 Å². The Kier molecular flexibility index (Phi) is 22.2. The van der Waals surface area contributed by atoms with Crippen LogP contribution in [0.5, 0.6) is 57.5 Å². The van der Waals surface area contributed by atoms with Crippen molar-refractivity contribution < 1.29 is 61.7 Å². The Morgan fingerprint density at radius 2 is 0.670 bits per heavy atom. The van der Waals surface area contributed by atoms with Crippen molar-refractivity contribution in [2.45, 2.75) is 55.9 Å². The number of methoxy groups -OCH3 is 7. The molecular formula is C83H66ClN3O19S3. The fourth-order valence-corrected chi connectivity index (χ4v) is 15.3. The van der Waals surface area contributed by atoms with Gasteiger partial charge in [-0.3, -0.25) is 14.4 Å². The minimum atomic E-state index is -0.753. The first-order chi connectivity index (χ1) is 52.8. The second kappa shape index (κ2) is 32.3. The van der Waals surface area contributed by atoms with Crippen molar-refractivity contribution in [3.05, 3.63) is 290 Å². The molecular weight excluding hydrogens is 1470 g/mol. The predicted octanol–water partition coefficient (Wildman–Crippen LogP) is 16.1. The van der Waals surface area contributed by atoms with Gasteiger partial charge in [-0.2, -0.15) is 0 Å². The molecule has 0 spiro atoms. The van der Waals surface area contributed by atoms with Crippen molar-refractivity contribution in [2.24, 2.45) is 0 Å². The number of para-hydroxylation sites is 3. The summed E-state index contributed by atoms with van der Waals surface area (Å²) in [6.45, 7) is 2.41. The maximum absolute atomic E-state index is 13.9. The molecule has 0 aliphatic heterocycles. The molecule has 26 heteroatoms. The lowest BCUT2D eigenvalue weighted by molar-refractivity contribution is 0.408. The van der Waals surface area contributed by atoms with Crippen LogP contribution in [-0.4, -0.2) is 78.8 Å². The molecule has 0 unspecified atom stereocenters. The van der Waals surface area contributed by atoms with Gasteiger partial charge in [-0.25, -0.2) is 14.4 Å². The summed E-state index contributed by atoms with van der Waals surface area (Å²) in [7, 11) is 10.8. The fourth-order valence-electron chi connectivity index (χ4n) is 12.5. The van der Waals surface area contributed by atoms with Crippen LogP contribution >= 0.6 is 46.9 Å². The van der Waals surface area contributed by atoms with Crippen LogP contribution in [0.1, 0.15) is 22.3 Å². The van der Waals surface area contributed by atoms with Gasteiger partial charge in [0.1, 0.15) is 71.1 Å². The lowest BCUT2D eigenvalue weighted by Crippen LogP contribution is -2.23. The van der Waals surface area contributed by atoms with Crippen molar-refractivity contribution in [3.63, 3.8) is 0 Å². The number of benzene rings is 9. The third kappa shape index (κ3) is 15.1. The fraction of sp³-hybridized carbons (Fsp3) is 0.133. The normalized spacial score (nSPS) is 11.2. The Morgan fingerprint density at radius 1 is 0.349 bits per heavy atom. The van der Waals surface area contributed by atoms with Crippen molar-refractivity contribution >= 4 is 113 Å². The number of nitrogens with zero attached hydrogens (tertiary/aromatic N) is 3. The molecule has 3 N–H and O–H groups in total. The number of ether oxygens (including phenoxy) is 7. The first-order valence-electron chi connectivity index (χ1n) is 33.3. The van der Waals surface area contributed by atoms with E-state index in [1.165, 1.54) is 42.1 Å². The average Bonchev–Trinajstić information content (AvgIpc) is 0.745. The lowest BCUT2D eigenvalue weighted by Gasteiger charge is -2.16. The maximum atomic E-state index is 13.9. The lowest BCUT2D eigenvalue weighted by atomic mass is 10.1. The van der Waals surface area contributed by atoms with Gasteiger partial charge in [-0.15, -0.1) is 0 Å². The number of hydrogen-bond acceptors (Lipinski definition) is 22. The number of pyridine rings is 3. The minimum absolute atomic E-state index is 0.0106. The number of hydrogen-bond donors (Lipinski definition) is 3. The first-order valence-corrected chi connectivity index (χ1v) is 36.2. The third-order valence-corrected chi connectivity index (χ3v) is 21.3. The summed E-state index contributed by atoms with van der Waals surface area (Å²) in [5.74, 6) is 2.76. The largest absolute Gasteiger partial charge is 0.505 e. The second-order valence-corrected chi connectivity index (χ2v) is 28.0. The molecule has 552 valence electrons. The van der Waals surface area contributed by atoms with Gasteiger partial charge in [0, 0.05) is 70.8 Å². The van der Waals surface area contributed by atoms with E-state index in [1.54, 1.807) is 124 Å². The Bertz CT molecular complexity index is 6450. The van der Waals surface area contributed by atoms with Crippen LogP contribution in [0.2, 0.25) is 5.02 Å². The SMILES string of the molecule is COc1ccc2c3oc(=O)c(Sc4ccc(Cl)cc4)c(O)c3c(=O)n(Cc3ccccc3OC)c2c1.COc1ccc2c3oc(=O)c(Sc4cccc(C)c4)c(O)c3c(=O)n(Cc3ccccc3OC)c2c1.COc1cccc(Sc2c(O)c3c(=O)n(Cc4ccccc4OC)c4cc(OC)ccc4c3oc2=O)c1. The standard InChI is InChI=1S/C28H23NO7S.C28H23NO6S.C27H20ClNO6S/c1-33-17-8-6-9-19(13-17)37-26-24(30)23-25(36-28(26)32)20-12-11-18(34-2)14-21(20)29(27(23)31)15-16-7-4-5-10-22(16)35-3;1-16-7-6-9-19(13-16)36-26-24(30)23-25(35-28(26)32)20-12-11-18(33-2)14-21(20)29(27(23)31)15-17-8-4-5-10-22(17)34-3;1-33-17-9-12-19-20(13-17)29(14-15-5-3-4-6-21(15)34-2)26(31)22-23(30)25(27(32)35-24(19)22)36-18-10-7-16(28)8-11-18/h4-14,30H,15H2,1-3H3;4-14,30H,15H2,1-3H3;3-13,30H,14H2,1-2H3. The van der Waals surface area contributed by atoms with Crippen LogP contribution in [0.25, 0.3) is 65.6 Å². The van der Waals surface area contributed by atoms with Gasteiger partial charge in [0.2, 0.25) is 0 Å². The quantitative estimate of drug-likeness (QED) is 0.0634. The number of aromatic hydroxyl groups is 3. The van der Waals surface area contributed by atoms with Crippen LogP contribution in [-0.2, 0) is 19.6 Å². The highest BCUT2D eigenvalue weighted by Crippen LogP contribution is 2.43. The monoisotopic (exact) mass is 1540 g/mol. The van der Waals surface area contributed by atoms with Gasteiger partial charge >= 0.3 is 16.9 Å². The Morgan fingerprint density at radius 3 is 1.01 bits per heavy atom. The molecule has 15 rings (SSSR count). The van der Waals surface area contributed by atoms with Crippen molar-refractivity contribution in [3.8, 4) is 57.5 Å². The average molecular weight is 1540 g/mol. The Balaban J connectivity index is 0.000000144. The molecule has 9 aromatic carbocycles. The topological polar surface area (TPSA) is 282 Å². The molecule has 6 aromatic heterocycles. The summed E-state index contributed by atoms with van der Waals surface area (Å²) in [5.41, 5.74) is 1.07. The summed E-state index contributed by atoms with van der Waals surface area (Å²) in [4.78, 5) is 82.4. The second-order valence-electron chi connectivity index (χ2n) is 24.3. The van der Waals surface area contributed by atoms with E-state index in [0.717, 1.165) is 62.4 Å². The molecule has 6 heterocycles. The number of aryl methyl sites for hydroxylation is 1. The number of rotatable bonds is 19. The summed E-state index contributed by atoms with van der Waals surface area (Å²) in [6.07, 6.45) is 0. The highest BCUT2D eigenvalue weighted by molar-refractivity contribution is 8.00. The highest BCUT2D eigenvalue weighted by Gasteiger charge is 2.28. The smallest absolute Gasteiger partial charge is 0.354 e. The molecule has 0 bridgehead atoms. The molecule has 109 heavy (non-hydrogen) atoms. The summed E-state index contributed by atoms with van der Waals surface area (Å²) in [6, 6.07) is 58.7. The molecule has 0 saturated carbocycles. The molecule has 0 atom stereocenters. The molecule has 0 saturated heterocycles. The van der Waals surface area contributed by atoms with E-state index in [1.807, 2.05) is 104 Å². The van der Waals surface area contributed by atoms with Gasteiger partial charge in [0.15, 0.2) is 34.0 Å². The zero-order valence-corrected chi connectivity index (χ0v) is 62.7. The van der Waals surface area contributed by atoms with Gasteiger partial charge in [0.25, 0.3) is 16.7 Å². The van der Waals surface area contributed by atoms with Crippen LogP contribution in [0.15, 0.2) is 272 Å². The number of halogens is 1. The molecule has 15 aromatic rings. The minimum Gasteiger partial charge on any atom is -0.505 e. The molecule has 0 aliphatic carbocycles. The van der Waals surface area contributed by atoms with E-state index in [4.69, 9.17) is 58.0 Å². The third-order valence-electron chi connectivity index (χ3n) is 17.8. The van der Waals surface area contributed by atoms with E-state index >= 15 is 0 Å². The molecule has 22 nitrogen and oxygen atoms in total. The maximum Gasteiger partial charge on any atom is 0.354 e. The molecule has 0 fully saturated rings. The molecule has 0 aliphatic rings. The van der Waals surface area contributed by atoms with Gasteiger partial charge in [0.05, 0.1) is 86.0 Å². The Hall–Kier alpha value is -12.4. The zero-order chi connectivity index (χ0) is 76.9. The van der Waals surface area contributed by atoms with E-state index in [2.05, 4.69) is 0 Å². The predicted molar refractivity (Wildman–Crippen MR) is 422 cm³/mol. The van der Waals surface area contributed by atoms with Crippen molar-refractivity contribution in [2.75, 3.05) is 49.8 Å². The number of aromatic nitrogens is 3. The van der Waals surface area contributed by atoms with Crippen LogP contribution in [0, 0.1) is 6.92 Å². The summed E-state index contributed by atoms with van der Waals surface area (Å²) in [5, 5.41) is 35.5. The van der Waals surface area contributed by atoms with Crippen LogP contribution in [0.3, 0.4) is 0 Å². The van der Waals surface area contributed by atoms with Crippen LogP contribution < -0.4 is 66.7 Å². The van der Waals surface area contributed by atoms with Crippen molar-refractivity contribution in [1.29, 1.82) is 0 Å².